The van der Waals surface area contributed by atoms with Gasteiger partial charge in [-0.15, -0.1) is 11.3 Å². The number of hydrogen-bond acceptors (Lipinski definition) is 6. The molecule has 142 valence electrons. The molecule has 1 atom stereocenters. The van der Waals surface area contributed by atoms with Crippen molar-refractivity contribution < 1.29 is 9.59 Å². The number of amides is 2. The van der Waals surface area contributed by atoms with Crippen molar-refractivity contribution in [3.8, 4) is 0 Å². The first-order chi connectivity index (χ1) is 13.0. The fraction of sp³-hybridized carbons (Fsp3) is 0.526. The fourth-order valence-electron chi connectivity index (χ4n) is 4.14. The summed E-state index contributed by atoms with van der Waals surface area (Å²) in [7, 11) is 0. The number of hydrogen-bond donors (Lipinski definition) is 0. The maximum atomic E-state index is 12.7. The highest BCUT2D eigenvalue weighted by molar-refractivity contribution is 7.07. The smallest absolute Gasteiger partial charge is 0.273 e. The third-order valence-electron chi connectivity index (χ3n) is 5.54. The van der Waals surface area contributed by atoms with Crippen molar-refractivity contribution in [3.05, 3.63) is 40.4 Å². The quantitative estimate of drug-likeness (QED) is 0.810. The molecule has 2 aromatic heterocycles. The lowest BCUT2D eigenvalue weighted by Gasteiger charge is -2.48. The molecular formula is C19H23N5O2S. The molecule has 2 fully saturated rings. The highest BCUT2D eigenvalue weighted by atomic mass is 32.1. The molecule has 2 aromatic rings. The van der Waals surface area contributed by atoms with Gasteiger partial charge in [-0.25, -0.2) is 4.98 Å². The molecule has 4 rings (SSSR count). The van der Waals surface area contributed by atoms with Crippen LogP contribution in [0.25, 0.3) is 0 Å². The number of nitrogens with zero attached hydrogens (tertiary/aromatic N) is 5. The van der Waals surface area contributed by atoms with E-state index in [1.165, 1.54) is 11.3 Å². The monoisotopic (exact) mass is 385 g/mol. The van der Waals surface area contributed by atoms with Crippen LogP contribution in [0.3, 0.4) is 0 Å². The van der Waals surface area contributed by atoms with Crippen LogP contribution in [0.2, 0.25) is 0 Å². The first-order valence-electron chi connectivity index (χ1n) is 9.27. The molecule has 2 aliphatic rings. The Balaban J connectivity index is 1.47. The number of aryl methyl sites for hydroxylation is 1. The molecule has 4 heterocycles. The largest absolute Gasteiger partial charge is 0.337 e. The number of rotatable bonds is 3. The molecule has 27 heavy (non-hydrogen) atoms. The molecule has 0 N–H and O–H groups in total. The minimum Gasteiger partial charge on any atom is -0.337 e. The maximum absolute atomic E-state index is 12.7. The van der Waals surface area contributed by atoms with E-state index in [0.29, 0.717) is 31.7 Å². The Kier molecular flexibility index (Phi) is 4.90. The van der Waals surface area contributed by atoms with Crippen LogP contribution in [0.5, 0.6) is 0 Å². The summed E-state index contributed by atoms with van der Waals surface area (Å²) in [5, 5.41) is 1.80. The van der Waals surface area contributed by atoms with E-state index >= 15 is 0 Å². The molecule has 0 aliphatic carbocycles. The summed E-state index contributed by atoms with van der Waals surface area (Å²) < 4.78 is 0. The van der Waals surface area contributed by atoms with Gasteiger partial charge in [-0.2, -0.15) is 0 Å². The summed E-state index contributed by atoms with van der Waals surface area (Å²) in [4.78, 5) is 41.8. The van der Waals surface area contributed by atoms with Crippen LogP contribution in [-0.4, -0.2) is 56.2 Å². The van der Waals surface area contributed by atoms with Gasteiger partial charge < -0.3 is 9.80 Å². The third kappa shape index (κ3) is 3.85. The predicted molar refractivity (Wildman–Crippen MR) is 101 cm³/mol. The van der Waals surface area contributed by atoms with Gasteiger partial charge in [0.05, 0.1) is 29.6 Å². The zero-order valence-corrected chi connectivity index (χ0v) is 16.2. The van der Waals surface area contributed by atoms with Gasteiger partial charge in [0, 0.05) is 43.0 Å². The first-order valence-corrected chi connectivity index (χ1v) is 10.2. The van der Waals surface area contributed by atoms with Crippen LogP contribution in [0, 0.1) is 12.3 Å². The molecule has 0 radical (unpaired) electrons. The maximum Gasteiger partial charge on any atom is 0.273 e. The molecule has 2 amide bonds. The number of carbonyl (C=O) groups excluding carboxylic acids is 2. The van der Waals surface area contributed by atoms with E-state index in [9.17, 15) is 9.59 Å². The second kappa shape index (κ2) is 7.34. The van der Waals surface area contributed by atoms with Crippen molar-refractivity contribution in [3.63, 3.8) is 0 Å². The van der Waals surface area contributed by atoms with Crippen molar-refractivity contribution in [2.45, 2.75) is 39.2 Å². The van der Waals surface area contributed by atoms with Crippen molar-refractivity contribution in [2.75, 3.05) is 19.6 Å². The van der Waals surface area contributed by atoms with E-state index in [1.54, 1.807) is 23.3 Å². The second-order valence-corrected chi connectivity index (χ2v) is 8.32. The highest BCUT2D eigenvalue weighted by Crippen LogP contribution is 2.39. The number of aromatic nitrogens is 3. The molecule has 2 saturated heterocycles. The minimum atomic E-state index is -0.0318. The second-order valence-electron chi connectivity index (χ2n) is 7.60. The number of carbonyl (C=O) groups is 2. The van der Waals surface area contributed by atoms with E-state index in [1.807, 2.05) is 16.7 Å². The molecule has 0 unspecified atom stereocenters. The summed E-state index contributed by atoms with van der Waals surface area (Å²) in [6.45, 7) is 4.49. The van der Waals surface area contributed by atoms with Gasteiger partial charge in [-0.3, -0.25) is 19.6 Å². The van der Waals surface area contributed by atoms with Crippen molar-refractivity contribution >= 4 is 23.2 Å². The predicted octanol–water partition coefficient (Wildman–Crippen LogP) is 2.29. The number of thiazole rings is 1. The topological polar surface area (TPSA) is 79.3 Å². The van der Waals surface area contributed by atoms with Crippen LogP contribution < -0.4 is 0 Å². The fourth-order valence-corrected chi connectivity index (χ4v) is 4.66. The summed E-state index contributed by atoms with van der Waals surface area (Å²) in [5.74, 6) is 0.161. The van der Waals surface area contributed by atoms with Crippen LogP contribution in [0.15, 0.2) is 23.3 Å². The van der Waals surface area contributed by atoms with Crippen LogP contribution in [0.4, 0.5) is 0 Å². The lowest BCUT2D eigenvalue weighted by Crippen LogP contribution is -2.54. The zero-order chi connectivity index (χ0) is 18.9. The minimum absolute atomic E-state index is 0.00294. The van der Waals surface area contributed by atoms with E-state index in [-0.39, 0.29) is 17.2 Å². The normalized spacial score (nSPS) is 23.1. The van der Waals surface area contributed by atoms with Crippen LogP contribution in [0.1, 0.15) is 47.6 Å². The Morgan fingerprint density at radius 3 is 2.85 bits per heavy atom. The van der Waals surface area contributed by atoms with Crippen LogP contribution >= 0.6 is 11.3 Å². The van der Waals surface area contributed by atoms with Crippen molar-refractivity contribution in [1.29, 1.82) is 0 Å². The first kappa shape index (κ1) is 18.0. The van der Waals surface area contributed by atoms with Gasteiger partial charge in [0.1, 0.15) is 5.69 Å². The SMILES string of the molecule is Cc1cnc(CN2C[C@@]3(CCCN(C(=O)c4cscn4)C3)CCC2=O)cn1. The van der Waals surface area contributed by atoms with Crippen molar-refractivity contribution in [1.82, 2.24) is 24.8 Å². The molecule has 0 aromatic carbocycles. The van der Waals surface area contributed by atoms with Gasteiger partial charge in [0.15, 0.2) is 0 Å². The van der Waals surface area contributed by atoms with Crippen LogP contribution in [-0.2, 0) is 11.3 Å². The average molecular weight is 385 g/mol. The van der Waals surface area contributed by atoms with Gasteiger partial charge in [-0.1, -0.05) is 0 Å². The lowest BCUT2D eigenvalue weighted by atomic mass is 9.73. The molecular weight excluding hydrogens is 362 g/mol. The average Bonchev–Trinajstić information content (AvgIpc) is 3.21. The summed E-state index contributed by atoms with van der Waals surface area (Å²) in [6.07, 6.45) is 6.83. The summed E-state index contributed by atoms with van der Waals surface area (Å²) in [5.41, 5.74) is 3.85. The summed E-state index contributed by atoms with van der Waals surface area (Å²) in [6, 6.07) is 0. The third-order valence-corrected chi connectivity index (χ3v) is 6.12. The van der Waals surface area contributed by atoms with Gasteiger partial charge in [0.25, 0.3) is 5.91 Å². The van der Waals surface area contributed by atoms with Gasteiger partial charge in [0.2, 0.25) is 5.91 Å². The van der Waals surface area contributed by atoms with E-state index in [4.69, 9.17) is 0 Å². The number of likely N-dealkylation sites (tertiary alicyclic amines) is 2. The Morgan fingerprint density at radius 1 is 1.22 bits per heavy atom. The molecule has 0 saturated carbocycles. The lowest BCUT2D eigenvalue weighted by molar-refractivity contribution is -0.139. The Labute approximate surface area is 162 Å². The zero-order valence-electron chi connectivity index (χ0n) is 15.4. The molecule has 7 nitrogen and oxygen atoms in total. The van der Waals surface area contributed by atoms with E-state index < -0.39 is 0 Å². The van der Waals surface area contributed by atoms with Gasteiger partial charge >= 0.3 is 0 Å². The standard InChI is InChI=1S/C19H23N5O2S/c1-14-7-21-15(8-20-14)9-24-12-19(5-3-17(24)25)4-2-6-23(11-19)18(26)16-10-27-13-22-16/h7-8,10,13H,2-6,9,11-12H2,1H3/t19-/m0/s1. The van der Waals surface area contributed by atoms with E-state index in [2.05, 4.69) is 15.0 Å². The van der Waals surface area contributed by atoms with Crippen molar-refractivity contribution in [2.24, 2.45) is 5.41 Å². The molecule has 8 heteroatoms. The molecule has 2 aliphatic heterocycles. The summed E-state index contributed by atoms with van der Waals surface area (Å²) >= 11 is 1.44. The molecule has 1 spiro atoms. The van der Waals surface area contributed by atoms with E-state index in [0.717, 1.165) is 37.2 Å². The Hall–Kier alpha value is -2.35. The Bertz CT molecular complexity index is 823. The van der Waals surface area contributed by atoms with Gasteiger partial charge in [-0.05, 0) is 26.2 Å². The number of piperidine rings is 2. The highest BCUT2D eigenvalue weighted by Gasteiger charge is 2.43. The Morgan fingerprint density at radius 2 is 2.11 bits per heavy atom. The molecule has 0 bridgehead atoms.